The number of aliphatic hydroxyl groups excluding tert-OH is 1. The van der Waals surface area contributed by atoms with Crippen molar-refractivity contribution in [1.82, 2.24) is 0 Å². The van der Waals surface area contributed by atoms with Gasteiger partial charge in [0.05, 0.1) is 0 Å². The van der Waals surface area contributed by atoms with Crippen LogP contribution in [0.4, 0.5) is 0 Å². The molecule has 0 aromatic heterocycles. The van der Waals surface area contributed by atoms with Crippen LogP contribution in [0.1, 0.15) is 18.6 Å². The fourth-order valence-electron chi connectivity index (χ4n) is 1.43. The number of hydrogen-bond donors (Lipinski definition) is 1. The molecule has 0 aliphatic heterocycles. The van der Waals surface area contributed by atoms with E-state index in [9.17, 15) is 0 Å². The van der Waals surface area contributed by atoms with Crippen LogP contribution in [0.5, 0.6) is 0 Å². The molecule has 1 N–H and O–H groups in total. The monoisotopic (exact) mass is 216 g/mol. The molecule has 0 spiro atoms. The van der Waals surface area contributed by atoms with Crippen LogP contribution in [0.25, 0.3) is 0 Å². The lowest BCUT2D eigenvalue weighted by Gasteiger charge is -2.00. The summed E-state index contributed by atoms with van der Waals surface area (Å²) in [6.45, 7) is 0. The van der Waals surface area contributed by atoms with Crippen LogP contribution < -0.4 is 0 Å². The highest BCUT2D eigenvalue weighted by atomic mass is 16.2. The predicted octanol–water partition coefficient (Wildman–Crippen LogP) is 3.52. The average Bonchev–Trinajstić information content (AvgIpc) is 2.34. The van der Waals surface area contributed by atoms with Gasteiger partial charge in [-0.1, -0.05) is 68.1 Å². The SMILES string of the molecule is C.CO.c1ccc(Cc2ccccc2)cc1. The van der Waals surface area contributed by atoms with Crippen LogP contribution >= 0.6 is 0 Å². The zero-order valence-corrected chi connectivity index (χ0v) is 8.93. The van der Waals surface area contributed by atoms with Gasteiger partial charge in [0.25, 0.3) is 0 Å². The lowest BCUT2D eigenvalue weighted by molar-refractivity contribution is 0.399. The largest absolute Gasteiger partial charge is 0.400 e. The van der Waals surface area contributed by atoms with E-state index in [1.165, 1.54) is 11.1 Å². The third kappa shape index (κ3) is 4.76. The van der Waals surface area contributed by atoms with E-state index in [1.54, 1.807) is 0 Å². The molecule has 0 amide bonds. The van der Waals surface area contributed by atoms with Crippen LogP contribution in [0.2, 0.25) is 0 Å². The van der Waals surface area contributed by atoms with Crippen molar-refractivity contribution in [3.63, 3.8) is 0 Å². The maximum atomic E-state index is 7.00. The van der Waals surface area contributed by atoms with Crippen molar-refractivity contribution in [3.8, 4) is 0 Å². The van der Waals surface area contributed by atoms with Gasteiger partial charge in [-0.15, -0.1) is 0 Å². The van der Waals surface area contributed by atoms with Gasteiger partial charge in [-0.2, -0.15) is 0 Å². The molecule has 0 heterocycles. The Balaban J connectivity index is 0.000000711. The van der Waals surface area contributed by atoms with E-state index in [4.69, 9.17) is 5.11 Å². The Labute approximate surface area is 98.4 Å². The normalized spacial score (nSPS) is 8.38. The molecule has 0 saturated carbocycles. The van der Waals surface area contributed by atoms with Crippen LogP contribution in [0.3, 0.4) is 0 Å². The summed E-state index contributed by atoms with van der Waals surface area (Å²) in [4.78, 5) is 0. The second kappa shape index (κ2) is 8.69. The summed E-state index contributed by atoms with van der Waals surface area (Å²) >= 11 is 0. The van der Waals surface area contributed by atoms with E-state index in [2.05, 4.69) is 60.7 Å². The molecular weight excluding hydrogens is 196 g/mol. The molecule has 0 aliphatic rings. The first-order valence-electron chi connectivity index (χ1n) is 4.98. The molecule has 1 heteroatoms. The maximum absolute atomic E-state index is 7.00. The first-order valence-corrected chi connectivity index (χ1v) is 4.98. The lowest BCUT2D eigenvalue weighted by atomic mass is 10.1. The summed E-state index contributed by atoms with van der Waals surface area (Å²) in [6, 6.07) is 21.1. The van der Waals surface area contributed by atoms with Gasteiger partial charge in [-0.05, 0) is 17.5 Å². The maximum Gasteiger partial charge on any atom is 0.0319 e. The van der Waals surface area contributed by atoms with Crippen LogP contribution in [-0.2, 0) is 6.42 Å². The standard InChI is InChI=1S/C13H12.CH4O.CH4/c1-3-7-12(8-4-1)11-13-9-5-2-6-10-13;1-2;/h1-10H,11H2;2H,1H3;1H4. The van der Waals surface area contributed by atoms with E-state index >= 15 is 0 Å². The van der Waals surface area contributed by atoms with E-state index in [1.807, 2.05) is 0 Å². The molecule has 86 valence electrons. The van der Waals surface area contributed by atoms with Gasteiger partial charge < -0.3 is 5.11 Å². The summed E-state index contributed by atoms with van der Waals surface area (Å²) in [5.41, 5.74) is 2.74. The lowest BCUT2D eigenvalue weighted by Crippen LogP contribution is -1.85. The highest BCUT2D eigenvalue weighted by Gasteiger charge is 1.92. The zero-order valence-electron chi connectivity index (χ0n) is 8.93. The Morgan fingerprint density at radius 1 is 0.688 bits per heavy atom. The Bertz CT molecular complexity index is 316. The minimum absolute atomic E-state index is 0. The van der Waals surface area contributed by atoms with E-state index < -0.39 is 0 Å². The van der Waals surface area contributed by atoms with Gasteiger partial charge in [-0.3, -0.25) is 0 Å². The predicted molar refractivity (Wildman–Crippen MR) is 70.6 cm³/mol. The van der Waals surface area contributed by atoms with Crippen LogP contribution in [0.15, 0.2) is 60.7 Å². The Morgan fingerprint density at radius 3 is 1.31 bits per heavy atom. The van der Waals surface area contributed by atoms with E-state index in [0.29, 0.717) is 0 Å². The number of aliphatic hydroxyl groups is 1. The minimum atomic E-state index is 0. The topological polar surface area (TPSA) is 20.2 Å². The second-order valence-corrected chi connectivity index (χ2v) is 3.15. The van der Waals surface area contributed by atoms with Crippen LogP contribution in [0, 0.1) is 0 Å². The molecule has 2 aromatic rings. The highest BCUT2D eigenvalue weighted by molar-refractivity contribution is 5.25. The molecule has 0 unspecified atom stereocenters. The molecule has 2 aromatic carbocycles. The van der Waals surface area contributed by atoms with Crippen molar-refractivity contribution in [1.29, 1.82) is 0 Å². The van der Waals surface area contributed by atoms with Gasteiger partial charge >= 0.3 is 0 Å². The number of rotatable bonds is 2. The third-order valence-electron chi connectivity index (χ3n) is 2.09. The number of benzene rings is 2. The molecule has 1 nitrogen and oxygen atoms in total. The molecule has 2 rings (SSSR count). The highest BCUT2D eigenvalue weighted by Crippen LogP contribution is 2.07. The summed E-state index contributed by atoms with van der Waals surface area (Å²) in [7, 11) is 1.00. The molecule has 0 bridgehead atoms. The van der Waals surface area contributed by atoms with Gasteiger partial charge in [0.15, 0.2) is 0 Å². The molecule has 0 aliphatic carbocycles. The summed E-state index contributed by atoms with van der Waals surface area (Å²) in [6.07, 6.45) is 1.03. The third-order valence-corrected chi connectivity index (χ3v) is 2.09. The molecule has 0 fully saturated rings. The Morgan fingerprint density at radius 2 is 1.00 bits per heavy atom. The van der Waals surface area contributed by atoms with Crippen molar-refractivity contribution in [2.45, 2.75) is 13.8 Å². The Hall–Kier alpha value is -1.60. The summed E-state index contributed by atoms with van der Waals surface area (Å²) < 4.78 is 0. The molecular formula is C15H20O. The van der Waals surface area contributed by atoms with Crippen molar-refractivity contribution in [2.75, 3.05) is 7.11 Å². The summed E-state index contributed by atoms with van der Waals surface area (Å²) in [5.74, 6) is 0. The van der Waals surface area contributed by atoms with Gasteiger partial charge in [-0.25, -0.2) is 0 Å². The van der Waals surface area contributed by atoms with E-state index in [-0.39, 0.29) is 7.43 Å². The smallest absolute Gasteiger partial charge is 0.0319 e. The summed E-state index contributed by atoms with van der Waals surface area (Å²) in [5, 5.41) is 7.00. The first kappa shape index (κ1) is 14.4. The van der Waals surface area contributed by atoms with Crippen molar-refractivity contribution >= 4 is 0 Å². The average molecular weight is 216 g/mol. The van der Waals surface area contributed by atoms with Crippen molar-refractivity contribution in [2.24, 2.45) is 0 Å². The quantitative estimate of drug-likeness (QED) is 0.814. The number of hydrogen-bond acceptors (Lipinski definition) is 1. The fraction of sp³-hybridized carbons (Fsp3) is 0.200. The molecule has 0 atom stereocenters. The Kier molecular flexibility index (Phi) is 7.82. The van der Waals surface area contributed by atoms with E-state index in [0.717, 1.165) is 13.5 Å². The minimum Gasteiger partial charge on any atom is -0.400 e. The molecule has 0 saturated heterocycles. The van der Waals surface area contributed by atoms with Gasteiger partial charge in [0.2, 0.25) is 0 Å². The fourth-order valence-corrected chi connectivity index (χ4v) is 1.43. The van der Waals surface area contributed by atoms with Gasteiger partial charge in [0, 0.05) is 7.11 Å². The molecule has 0 radical (unpaired) electrons. The van der Waals surface area contributed by atoms with Crippen molar-refractivity contribution < 1.29 is 5.11 Å². The van der Waals surface area contributed by atoms with Gasteiger partial charge in [0.1, 0.15) is 0 Å². The van der Waals surface area contributed by atoms with Crippen LogP contribution in [-0.4, -0.2) is 12.2 Å². The first-order chi connectivity index (χ1) is 7.45. The zero-order chi connectivity index (χ0) is 10.9. The van der Waals surface area contributed by atoms with Crippen molar-refractivity contribution in [3.05, 3.63) is 71.8 Å². The second-order valence-electron chi connectivity index (χ2n) is 3.15. The molecule has 16 heavy (non-hydrogen) atoms.